The molecule has 2 nitrogen and oxygen atoms in total. The topological polar surface area (TPSA) is 24.9 Å². The third-order valence-corrected chi connectivity index (χ3v) is 2.57. The molecule has 1 aromatic carbocycles. The normalized spacial score (nSPS) is 12.4. The van der Waals surface area contributed by atoms with Crippen molar-refractivity contribution in [3.05, 3.63) is 65.7 Å². The first-order valence-electron chi connectivity index (χ1n) is 5.71. The van der Waals surface area contributed by atoms with E-state index in [2.05, 4.69) is 10.3 Å². The molecule has 0 amide bonds. The van der Waals surface area contributed by atoms with Gasteiger partial charge in [0.25, 0.3) is 0 Å². The molecule has 1 aromatic heterocycles. The van der Waals surface area contributed by atoms with Crippen LogP contribution in [0.2, 0.25) is 0 Å². The van der Waals surface area contributed by atoms with Gasteiger partial charge in [-0.2, -0.15) is 0 Å². The summed E-state index contributed by atoms with van der Waals surface area (Å²) >= 11 is 0. The van der Waals surface area contributed by atoms with Gasteiger partial charge in [0.1, 0.15) is 5.82 Å². The first kappa shape index (κ1) is 11.7. The highest BCUT2D eigenvalue weighted by atomic mass is 19.1. The van der Waals surface area contributed by atoms with Gasteiger partial charge >= 0.3 is 0 Å². The summed E-state index contributed by atoms with van der Waals surface area (Å²) in [6, 6.07) is 12.3. The van der Waals surface area contributed by atoms with E-state index >= 15 is 0 Å². The van der Waals surface area contributed by atoms with Gasteiger partial charge in [-0.3, -0.25) is 4.98 Å². The van der Waals surface area contributed by atoms with Crippen molar-refractivity contribution in [2.45, 2.75) is 13.0 Å². The van der Waals surface area contributed by atoms with Crippen molar-refractivity contribution in [1.82, 2.24) is 10.3 Å². The first-order valence-corrected chi connectivity index (χ1v) is 5.71. The molecule has 1 atom stereocenters. The molecule has 3 heteroatoms. The zero-order chi connectivity index (χ0) is 12.1. The van der Waals surface area contributed by atoms with Gasteiger partial charge in [-0.25, -0.2) is 4.39 Å². The van der Waals surface area contributed by atoms with E-state index in [1.54, 1.807) is 18.3 Å². The van der Waals surface area contributed by atoms with E-state index in [0.29, 0.717) is 0 Å². The minimum absolute atomic E-state index is 0.0584. The van der Waals surface area contributed by atoms with Crippen LogP contribution in [0.5, 0.6) is 0 Å². The molecule has 0 aliphatic carbocycles. The highest BCUT2D eigenvalue weighted by molar-refractivity contribution is 5.28. The molecule has 0 fully saturated rings. The van der Waals surface area contributed by atoms with Gasteiger partial charge in [0, 0.05) is 6.20 Å². The van der Waals surface area contributed by atoms with Gasteiger partial charge in [-0.1, -0.05) is 25.1 Å². The fourth-order valence-electron chi connectivity index (χ4n) is 1.83. The number of rotatable bonds is 4. The molecule has 0 radical (unpaired) electrons. The molecule has 2 aromatic rings. The highest BCUT2D eigenvalue weighted by Gasteiger charge is 2.13. The van der Waals surface area contributed by atoms with Crippen molar-refractivity contribution in [1.29, 1.82) is 0 Å². The maximum Gasteiger partial charge on any atom is 0.123 e. The molecule has 0 saturated carbocycles. The molecule has 0 saturated heterocycles. The zero-order valence-electron chi connectivity index (χ0n) is 9.73. The van der Waals surface area contributed by atoms with Crippen molar-refractivity contribution in [3.63, 3.8) is 0 Å². The quantitative estimate of drug-likeness (QED) is 0.873. The van der Waals surface area contributed by atoms with Crippen molar-refractivity contribution in [2.24, 2.45) is 0 Å². The summed E-state index contributed by atoms with van der Waals surface area (Å²) in [6.07, 6.45) is 1.75. The molecule has 1 unspecified atom stereocenters. The van der Waals surface area contributed by atoms with Gasteiger partial charge in [-0.05, 0) is 36.4 Å². The number of aromatic nitrogens is 1. The Bertz CT molecular complexity index is 471. The Morgan fingerprint density at radius 2 is 2.12 bits per heavy atom. The fraction of sp³-hybridized carbons (Fsp3) is 0.214. The number of hydrogen-bond donors (Lipinski definition) is 1. The van der Waals surface area contributed by atoms with Gasteiger partial charge in [0.2, 0.25) is 0 Å². The molecule has 2 rings (SSSR count). The average molecular weight is 230 g/mol. The molecule has 1 N–H and O–H groups in total. The summed E-state index contributed by atoms with van der Waals surface area (Å²) in [5, 5.41) is 3.31. The van der Waals surface area contributed by atoms with Gasteiger partial charge in [-0.15, -0.1) is 0 Å². The molecule has 0 spiro atoms. The maximum absolute atomic E-state index is 13.2. The van der Waals surface area contributed by atoms with E-state index in [1.165, 1.54) is 6.07 Å². The number of nitrogens with zero attached hydrogens (tertiary/aromatic N) is 1. The second kappa shape index (κ2) is 5.55. The van der Waals surface area contributed by atoms with Crippen LogP contribution in [0.3, 0.4) is 0 Å². The monoisotopic (exact) mass is 230 g/mol. The van der Waals surface area contributed by atoms with Crippen LogP contribution in [0, 0.1) is 5.82 Å². The first-order chi connectivity index (χ1) is 8.31. The number of hydrogen-bond acceptors (Lipinski definition) is 2. The van der Waals surface area contributed by atoms with E-state index in [9.17, 15) is 4.39 Å². The lowest BCUT2D eigenvalue weighted by Gasteiger charge is -2.17. The molecular weight excluding hydrogens is 215 g/mol. The van der Waals surface area contributed by atoms with E-state index in [-0.39, 0.29) is 11.9 Å². The Hall–Kier alpha value is -1.74. The summed E-state index contributed by atoms with van der Waals surface area (Å²) in [5.74, 6) is -0.221. The van der Waals surface area contributed by atoms with Crippen LogP contribution in [-0.4, -0.2) is 11.5 Å². The summed E-state index contributed by atoms with van der Waals surface area (Å²) in [6.45, 7) is 2.83. The maximum atomic E-state index is 13.2. The minimum atomic E-state index is -0.221. The van der Waals surface area contributed by atoms with Crippen LogP contribution in [0.15, 0.2) is 48.7 Å². The Kier molecular flexibility index (Phi) is 3.83. The number of nitrogens with one attached hydrogen (secondary N) is 1. The number of pyridine rings is 1. The van der Waals surface area contributed by atoms with Crippen LogP contribution in [0.25, 0.3) is 0 Å². The van der Waals surface area contributed by atoms with Crippen LogP contribution in [0.1, 0.15) is 24.2 Å². The smallest absolute Gasteiger partial charge is 0.123 e. The third-order valence-electron chi connectivity index (χ3n) is 2.57. The molecular formula is C14H15FN2. The number of benzene rings is 1. The Morgan fingerprint density at radius 3 is 2.76 bits per heavy atom. The number of halogens is 1. The zero-order valence-corrected chi connectivity index (χ0v) is 9.73. The van der Waals surface area contributed by atoms with Crippen molar-refractivity contribution >= 4 is 0 Å². The van der Waals surface area contributed by atoms with Gasteiger partial charge < -0.3 is 5.32 Å². The largest absolute Gasteiger partial charge is 0.305 e. The molecule has 0 aliphatic rings. The summed E-state index contributed by atoms with van der Waals surface area (Å²) in [7, 11) is 0. The molecule has 1 heterocycles. The predicted molar refractivity (Wildman–Crippen MR) is 66.2 cm³/mol. The van der Waals surface area contributed by atoms with Crippen LogP contribution >= 0.6 is 0 Å². The van der Waals surface area contributed by atoms with Gasteiger partial charge in [0.05, 0.1) is 11.7 Å². The second-order valence-electron chi connectivity index (χ2n) is 3.80. The Labute approximate surface area is 101 Å². The second-order valence-corrected chi connectivity index (χ2v) is 3.80. The summed E-state index contributed by atoms with van der Waals surface area (Å²) < 4.78 is 13.2. The standard InChI is InChI=1S/C14H15FN2/c1-2-16-14(13-8-3-4-9-17-13)11-6-5-7-12(15)10-11/h3-10,14,16H,2H2,1H3. The van der Waals surface area contributed by atoms with Gasteiger partial charge in [0.15, 0.2) is 0 Å². The van der Waals surface area contributed by atoms with Crippen molar-refractivity contribution in [3.8, 4) is 0 Å². The lowest BCUT2D eigenvalue weighted by atomic mass is 10.0. The highest BCUT2D eigenvalue weighted by Crippen LogP contribution is 2.20. The molecule has 17 heavy (non-hydrogen) atoms. The van der Waals surface area contributed by atoms with Crippen LogP contribution in [-0.2, 0) is 0 Å². The van der Waals surface area contributed by atoms with E-state index < -0.39 is 0 Å². The summed E-state index contributed by atoms with van der Waals surface area (Å²) in [5.41, 5.74) is 1.80. The SMILES string of the molecule is CCNC(c1cccc(F)c1)c1ccccn1. The minimum Gasteiger partial charge on any atom is -0.305 e. The Morgan fingerprint density at radius 1 is 1.24 bits per heavy atom. The lowest BCUT2D eigenvalue weighted by molar-refractivity contribution is 0.595. The average Bonchev–Trinajstić information content (AvgIpc) is 2.37. The Balaban J connectivity index is 2.35. The lowest BCUT2D eigenvalue weighted by Crippen LogP contribution is -2.22. The predicted octanol–water partition coefficient (Wildman–Crippen LogP) is 2.92. The third kappa shape index (κ3) is 2.88. The molecule has 0 bridgehead atoms. The van der Waals surface area contributed by atoms with Crippen LogP contribution < -0.4 is 5.32 Å². The van der Waals surface area contributed by atoms with E-state index in [0.717, 1.165) is 17.8 Å². The fourth-order valence-corrected chi connectivity index (χ4v) is 1.83. The van der Waals surface area contributed by atoms with Crippen molar-refractivity contribution in [2.75, 3.05) is 6.54 Å². The van der Waals surface area contributed by atoms with Crippen molar-refractivity contribution < 1.29 is 4.39 Å². The van der Waals surface area contributed by atoms with Crippen LogP contribution in [0.4, 0.5) is 4.39 Å². The van der Waals surface area contributed by atoms with E-state index in [1.807, 2.05) is 31.2 Å². The van der Waals surface area contributed by atoms with E-state index in [4.69, 9.17) is 0 Å². The molecule has 0 aliphatic heterocycles. The summed E-state index contributed by atoms with van der Waals surface area (Å²) in [4.78, 5) is 4.32. The molecule has 88 valence electrons.